The van der Waals surface area contributed by atoms with Crippen LogP contribution in [-0.4, -0.2) is 13.1 Å². The SMILES string of the molecule is COC(=O)C(Br)c1ccc(Cl)s1. The maximum atomic E-state index is 11.0. The molecule has 0 fully saturated rings. The molecule has 12 heavy (non-hydrogen) atoms. The number of esters is 1. The first-order chi connectivity index (χ1) is 5.65. The Hall–Kier alpha value is -0.0600. The van der Waals surface area contributed by atoms with E-state index in [0.29, 0.717) is 4.34 Å². The van der Waals surface area contributed by atoms with Crippen LogP contribution in [0.1, 0.15) is 9.70 Å². The van der Waals surface area contributed by atoms with Crippen LogP contribution in [0.25, 0.3) is 0 Å². The average Bonchev–Trinajstić information content (AvgIpc) is 2.49. The molecular formula is C7H6BrClO2S. The molecule has 5 heteroatoms. The molecule has 0 amide bonds. The van der Waals surface area contributed by atoms with Crippen LogP contribution in [0, 0.1) is 0 Å². The molecule has 1 unspecified atom stereocenters. The summed E-state index contributed by atoms with van der Waals surface area (Å²) in [6.07, 6.45) is 0. The van der Waals surface area contributed by atoms with Gasteiger partial charge in [-0.3, -0.25) is 4.79 Å². The average molecular weight is 270 g/mol. The van der Waals surface area contributed by atoms with E-state index in [-0.39, 0.29) is 5.97 Å². The van der Waals surface area contributed by atoms with Crippen molar-refractivity contribution in [1.29, 1.82) is 0 Å². The summed E-state index contributed by atoms with van der Waals surface area (Å²) in [6, 6.07) is 3.54. The number of methoxy groups -OCH3 is 1. The van der Waals surface area contributed by atoms with Gasteiger partial charge in [0.15, 0.2) is 0 Å². The number of hydrogen-bond acceptors (Lipinski definition) is 3. The lowest BCUT2D eigenvalue weighted by Crippen LogP contribution is -2.06. The Balaban J connectivity index is 2.77. The van der Waals surface area contributed by atoms with Gasteiger partial charge in [-0.1, -0.05) is 27.5 Å². The van der Waals surface area contributed by atoms with Crippen LogP contribution in [0.15, 0.2) is 12.1 Å². The Morgan fingerprint density at radius 2 is 2.42 bits per heavy atom. The van der Waals surface area contributed by atoms with Crippen molar-refractivity contribution in [2.75, 3.05) is 7.11 Å². The van der Waals surface area contributed by atoms with Crippen molar-refractivity contribution >= 4 is 44.8 Å². The number of alkyl halides is 1. The highest BCUT2D eigenvalue weighted by atomic mass is 79.9. The topological polar surface area (TPSA) is 26.3 Å². The molecule has 0 saturated carbocycles. The normalized spacial score (nSPS) is 12.6. The molecule has 0 aliphatic heterocycles. The molecule has 0 aliphatic rings. The molecule has 66 valence electrons. The maximum absolute atomic E-state index is 11.0. The van der Waals surface area contributed by atoms with E-state index in [1.807, 2.05) is 0 Å². The first kappa shape index (κ1) is 10.0. The molecule has 2 nitrogen and oxygen atoms in total. The molecule has 1 aromatic rings. The zero-order valence-corrected chi connectivity index (χ0v) is 9.37. The zero-order chi connectivity index (χ0) is 9.14. The van der Waals surface area contributed by atoms with Crippen LogP contribution < -0.4 is 0 Å². The smallest absolute Gasteiger partial charge is 0.324 e. The van der Waals surface area contributed by atoms with Crippen LogP contribution >= 0.6 is 38.9 Å². The molecule has 1 rings (SSSR count). The fourth-order valence-electron chi connectivity index (χ4n) is 0.684. The Morgan fingerprint density at radius 1 is 1.75 bits per heavy atom. The molecule has 0 aliphatic carbocycles. The summed E-state index contributed by atoms with van der Waals surface area (Å²) < 4.78 is 5.22. The Bertz CT molecular complexity index is 287. The zero-order valence-electron chi connectivity index (χ0n) is 6.21. The highest BCUT2D eigenvalue weighted by molar-refractivity contribution is 9.09. The minimum Gasteiger partial charge on any atom is -0.468 e. The van der Waals surface area contributed by atoms with Crippen molar-refractivity contribution in [2.24, 2.45) is 0 Å². The quantitative estimate of drug-likeness (QED) is 0.609. The first-order valence-electron chi connectivity index (χ1n) is 3.12. The van der Waals surface area contributed by atoms with E-state index in [1.54, 1.807) is 12.1 Å². The lowest BCUT2D eigenvalue weighted by molar-refractivity contribution is -0.139. The first-order valence-corrected chi connectivity index (χ1v) is 5.23. The summed E-state index contributed by atoms with van der Waals surface area (Å²) in [6.45, 7) is 0. The molecule has 0 saturated heterocycles. The van der Waals surface area contributed by atoms with Crippen molar-refractivity contribution in [3.05, 3.63) is 21.3 Å². The molecule has 1 aromatic heterocycles. The summed E-state index contributed by atoms with van der Waals surface area (Å²) >= 11 is 10.3. The van der Waals surface area contributed by atoms with Crippen LogP contribution in [0.3, 0.4) is 0 Å². The summed E-state index contributed by atoms with van der Waals surface area (Å²) in [7, 11) is 1.35. The Morgan fingerprint density at radius 3 is 2.83 bits per heavy atom. The largest absolute Gasteiger partial charge is 0.468 e. The maximum Gasteiger partial charge on any atom is 0.324 e. The number of rotatable bonds is 2. The van der Waals surface area contributed by atoms with Gasteiger partial charge >= 0.3 is 5.97 Å². The fourth-order valence-corrected chi connectivity index (χ4v) is 2.33. The van der Waals surface area contributed by atoms with Gasteiger partial charge in [0.1, 0.15) is 4.83 Å². The second-order valence-electron chi connectivity index (χ2n) is 2.03. The summed E-state index contributed by atoms with van der Waals surface area (Å²) in [5.74, 6) is -0.312. The predicted molar refractivity (Wildman–Crippen MR) is 53.0 cm³/mol. The van der Waals surface area contributed by atoms with Gasteiger partial charge in [-0.15, -0.1) is 11.3 Å². The minimum atomic E-state index is -0.403. The number of thiophene rings is 1. The van der Waals surface area contributed by atoms with E-state index in [1.165, 1.54) is 18.4 Å². The second kappa shape index (κ2) is 4.25. The third-order valence-corrected chi connectivity index (χ3v) is 3.72. The molecular weight excluding hydrogens is 263 g/mol. The molecule has 0 aromatic carbocycles. The summed E-state index contributed by atoms with van der Waals surface area (Å²) in [5.41, 5.74) is 0. The lowest BCUT2D eigenvalue weighted by atomic mass is 10.3. The van der Waals surface area contributed by atoms with Crippen LogP contribution in [0.4, 0.5) is 0 Å². The van der Waals surface area contributed by atoms with Gasteiger partial charge in [-0.05, 0) is 12.1 Å². The lowest BCUT2D eigenvalue weighted by Gasteiger charge is -2.03. The molecule has 1 heterocycles. The molecule has 0 N–H and O–H groups in total. The van der Waals surface area contributed by atoms with Crippen molar-refractivity contribution in [2.45, 2.75) is 4.83 Å². The highest BCUT2D eigenvalue weighted by Crippen LogP contribution is 2.32. The van der Waals surface area contributed by atoms with Gasteiger partial charge < -0.3 is 4.74 Å². The number of halogens is 2. The number of carbonyl (C=O) groups is 1. The second-order valence-corrected chi connectivity index (χ2v) is 4.69. The van der Waals surface area contributed by atoms with E-state index < -0.39 is 4.83 Å². The van der Waals surface area contributed by atoms with E-state index in [4.69, 9.17) is 11.6 Å². The van der Waals surface area contributed by atoms with E-state index >= 15 is 0 Å². The van der Waals surface area contributed by atoms with E-state index in [9.17, 15) is 4.79 Å². The molecule has 0 spiro atoms. The molecule has 0 radical (unpaired) electrons. The van der Waals surface area contributed by atoms with Crippen LogP contribution in [0.2, 0.25) is 4.34 Å². The van der Waals surface area contributed by atoms with Gasteiger partial charge in [0.05, 0.1) is 11.4 Å². The van der Waals surface area contributed by atoms with E-state index in [2.05, 4.69) is 20.7 Å². The number of carbonyl (C=O) groups excluding carboxylic acids is 1. The van der Waals surface area contributed by atoms with Crippen molar-refractivity contribution < 1.29 is 9.53 Å². The van der Waals surface area contributed by atoms with Crippen LogP contribution in [-0.2, 0) is 9.53 Å². The number of ether oxygens (including phenoxy) is 1. The van der Waals surface area contributed by atoms with Gasteiger partial charge in [-0.25, -0.2) is 0 Å². The number of hydrogen-bond donors (Lipinski definition) is 0. The Kier molecular flexibility index (Phi) is 3.55. The van der Waals surface area contributed by atoms with Gasteiger partial charge in [0.2, 0.25) is 0 Å². The highest BCUT2D eigenvalue weighted by Gasteiger charge is 2.18. The standard InChI is InChI=1S/C7H6BrClO2S/c1-11-7(10)6(8)4-2-3-5(9)12-4/h2-3,6H,1H3. The van der Waals surface area contributed by atoms with Gasteiger partial charge in [-0.2, -0.15) is 0 Å². The Labute approximate surface area is 87.6 Å². The van der Waals surface area contributed by atoms with Crippen molar-refractivity contribution in [1.82, 2.24) is 0 Å². The summed E-state index contributed by atoms with van der Waals surface area (Å²) in [4.78, 5) is 11.5. The molecule has 1 atom stereocenters. The van der Waals surface area contributed by atoms with Gasteiger partial charge in [0, 0.05) is 4.88 Å². The minimum absolute atomic E-state index is 0.312. The van der Waals surface area contributed by atoms with E-state index in [0.717, 1.165) is 4.88 Å². The third-order valence-electron chi connectivity index (χ3n) is 1.25. The fraction of sp³-hybridized carbons (Fsp3) is 0.286. The van der Waals surface area contributed by atoms with Crippen LogP contribution in [0.5, 0.6) is 0 Å². The molecule has 0 bridgehead atoms. The summed E-state index contributed by atoms with van der Waals surface area (Å²) in [5, 5.41) is 0. The van der Waals surface area contributed by atoms with Crippen molar-refractivity contribution in [3.8, 4) is 0 Å². The van der Waals surface area contributed by atoms with Gasteiger partial charge in [0.25, 0.3) is 0 Å². The monoisotopic (exact) mass is 268 g/mol. The van der Waals surface area contributed by atoms with Crippen molar-refractivity contribution in [3.63, 3.8) is 0 Å². The predicted octanol–water partition coefficient (Wildman–Crippen LogP) is 3.01. The third kappa shape index (κ3) is 2.21.